The van der Waals surface area contributed by atoms with Gasteiger partial charge in [0.15, 0.2) is 5.91 Å². The number of hydrogen-bond acceptors (Lipinski definition) is 6. The molecule has 0 heterocycles. The van der Waals surface area contributed by atoms with Gasteiger partial charge in [-0.1, -0.05) is 0 Å². The second kappa shape index (κ2) is 7.27. The molecule has 0 radical (unpaired) electrons. The van der Waals surface area contributed by atoms with E-state index < -0.39 is 8.37 Å². The maximum Gasteiger partial charge on any atom is 0.195 e. The van der Waals surface area contributed by atoms with Crippen molar-refractivity contribution in [2.75, 3.05) is 77.5 Å². The van der Waals surface area contributed by atoms with E-state index in [1.807, 2.05) is 0 Å². The third kappa shape index (κ3) is 3.64. The van der Waals surface area contributed by atoms with E-state index in [0.29, 0.717) is 0 Å². The summed E-state index contributed by atoms with van der Waals surface area (Å²) < 4.78 is 6.98. The van der Waals surface area contributed by atoms with Crippen molar-refractivity contribution in [3.8, 4) is 0 Å². The zero-order valence-electron chi connectivity index (χ0n) is 14.6. The van der Waals surface area contributed by atoms with Crippen molar-refractivity contribution in [3.63, 3.8) is 0 Å². The van der Waals surface area contributed by atoms with Crippen LogP contribution in [0.5, 0.6) is 0 Å². The van der Waals surface area contributed by atoms with E-state index in [2.05, 4.69) is 106 Å². The van der Waals surface area contributed by atoms with Crippen molar-refractivity contribution in [1.82, 2.24) is 28.7 Å². The van der Waals surface area contributed by atoms with Crippen molar-refractivity contribution in [2.24, 2.45) is 0 Å². The Morgan fingerprint density at radius 1 is 0.526 bits per heavy atom. The monoisotopic (exact) mass is 292 g/mol. The number of nitrogens with zero attached hydrogens (tertiary/aromatic N) is 6. The Morgan fingerprint density at radius 2 is 0.789 bits per heavy atom. The average molecular weight is 292 g/mol. The van der Waals surface area contributed by atoms with Gasteiger partial charge in [0.1, 0.15) is 8.37 Å². The Bertz CT molecular complexity index is 237. The molecular formula is C12H33N6P. The molecule has 0 N–H and O–H groups in total. The molecule has 7 heteroatoms. The van der Waals surface area contributed by atoms with E-state index in [1.54, 1.807) is 0 Å². The minimum atomic E-state index is -0.550. The zero-order valence-corrected chi connectivity index (χ0v) is 15.5. The van der Waals surface area contributed by atoms with Crippen LogP contribution < -0.4 is 0 Å². The van der Waals surface area contributed by atoms with Crippen molar-refractivity contribution in [1.29, 1.82) is 0 Å². The van der Waals surface area contributed by atoms with Gasteiger partial charge in [-0.3, -0.25) is 24.0 Å². The molecule has 0 fully saturated rings. The predicted molar refractivity (Wildman–Crippen MR) is 85.8 cm³/mol. The van der Waals surface area contributed by atoms with Crippen LogP contribution >= 0.6 is 8.37 Å². The normalized spacial score (nSPS) is 14.2. The third-order valence-corrected chi connectivity index (χ3v) is 5.45. The fraction of sp³-hybridized carbons (Fsp3) is 1.00. The quantitative estimate of drug-likeness (QED) is 0.501. The Kier molecular flexibility index (Phi) is 7.34. The van der Waals surface area contributed by atoms with Gasteiger partial charge in [-0.15, -0.1) is 0 Å². The fourth-order valence-electron chi connectivity index (χ4n) is 3.08. The van der Waals surface area contributed by atoms with Crippen molar-refractivity contribution in [3.05, 3.63) is 0 Å². The molecule has 6 nitrogen and oxygen atoms in total. The van der Waals surface area contributed by atoms with Gasteiger partial charge in [-0.05, 0) is 77.5 Å². The molecule has 116 valence electrons. The Balaban J connectivity index is 5.72. The van der Waals surface area contributed by atoms with Gasteiger partial charge in [0.2, 0.25) is 0 Å². The van der Waals surface area contributed by atoms with Gasteiger partial charge in [0, 0.05) is 0 Å². The van der Waals surface area contributed by atoms with Crippen LogP contribution in [0.15, 0.2) is 0 Å². The second-order valence-electron chi connectivity index (χ2n) is 5.77. The summed E-state index contributed by atoms with van der Waals surface area (Å²) in [5, 5.41) is 0. The summed E-state index contributed by atoms with van der Waals surface area (Å²) >= 11 is 0. The molecule has 0 rings (SSSR count). The van der Waals surface area contributed by atoms with Gasteiger partial charge in [-0.2, -0.15) is 0 Å². The number of hydrogen-bond donors (Lipinski definition) is 0. The highest BCUT2D eigenvalue weighted by Gasteiger charge is 2.46. The van der Waals surface area contributed by atoms with Gasteiger partial charge >= 0.3 is 0 Å². The van der Waals surface area contributed by atoms with Crippen LogP contribution in [0.1, 0.15) is 0 Å². The summed E-state index contributed by atoms with van der Waals surface area (Å²) in [6.07, 6.45) is 0. The third-order valence-electron chi connectivity index (χ3n) is 3.22. The molecule has 0 aromatic heterocycles. The Hall–Kier alpha value is 0.190. The van der Waals surface area contributed by atoms with Crippen molar-refractivity contribution >= 4 is 8.37 Å². The van der Waals surface area contributed by atoms with E-state index in [0.717, 1.165) is 0 Å². The summed E-state index contributed by atoms with van der Waals surface area (Å²) in [6, 6.07) is 0. The molecule has 0 atom stereocenters. The van der Waals surface area contributed by atoms with E-state index in [1.165, 1.54) is 0 Å². The first-order valence-electron chi connectivity index (χ1n) is 6.41. The lowest BCUT2D eigenvalue weighted by Crippen LogP contribution is -2.71. The molecule has 0 saturated heterocycles. The lowest BCUT2D eigenvalue weighted by molar-refractivity contribution is -0.178. The summed E-state index contributed by atoms with van der Waals surface area (Å²) in [4.78, 5) is 6.74. The first-order chi connectivity index (χ1) is 8.51. The Morgan fingerprint density at radius 3 is 0.947 bits per heavy atom. The maximum atomic E-state index is 2.42. The van der Waals surface area contributed by atoms with Crippen LogP contribution in [-0.4, -0.2) is 112 Å². The summed E-state index contributed by atoms with van der Waals surface area (Å²) in [6.45, 7) is 0. The predicted octanol–water partition coefficient (Wildman–Crippen LogP) is 0.564. The molecule has 0 unspecified atom stereocenters. The van der Waals surface area contributed by atoms with E-state index in [9.17, 15) is 0 Å². The van der Waals surface area contributed by atoms with Crippen LogP contribution in [0.4, 0.5) is 0 Å². The highest BCUT2D eigenvalue weighted by molar-refractivity contribution is 7.50. The van der Waals surface area contributed by atoms with Crippen LogP contribution in [0.25, 0.3) is 0 Å². The minimum Gasteiger partial charge on any atom is -0.266 e. The van der Waals surface area contributed by atoms with Gasteiger partial charge in [0.05, 0.1) is 0 Å². The summed E-state index contributed by atoms with van der Waals surface area (Å²) in [5.74, 6) is -0.278. The lowest BCUT2D eigenvalue weighted by Gasteiger charge is -2.57. The molecule has 19 heavy (non-hydrogen) atoms. The van der Waals surface area contributed by atoms with Crippen molar-refractivity contribution in [2.45, 2.75) is 5.91 Å². The summed E-state index contributed by atoms with van der Waals surface area (Å²) in [7, 11) is 22.9. The maximum absolute atomic E-state index is 2.42. The minimum absolute atomic E-state index is 0.278. The van der Waals surface area contributed by atoms with Crippen LogP contribution in [-0.2, 0) is 0 Å². The highest BCUT2D eigenvalue weighted by Crippen LogP contribution is 2.48. The Labute approximate surface area is 121 Å². The standard InChI is InChI=1S/C12H33N6P/c1-13(2)12(14(3)4,15(5)6)18(11)19(16(7)8)17(9)10/h1-11H3. The lowest BCUT2D eigenvalue weighted by atomic mass is 10.4. The van der Waals surface area contributed by atoms with Crippen LogP contribution in [0.3, 0.4) is 0 Å². The largest absolute Gasteiger partial charge is 0.266 e. The molecule has 0 aromatic carbocycles. The molecule has 0 aromatic rings. The second-order valence-corrected chi connectivity index (χ2v) is 8.51. The van der Waals surface area contributed by atoms with E-state index >= 15 is 0 Å². The van der Waals surface area contributed by atoms with Gasteiger partial charge < -0.3 is 0 Å². The fourth-order valence-corrected chi connectivity index (χ4v) is 5.65. The van der Waals surface area contributed by atoms with Gasteiger partial charge in [-0.25, -0.2) is 4.67 Å². The molecule has 0 aliphatic rings. The van der Waals surface area contributed by atoms with Crippen molar-refractivity contribution < 1.29 is 0 Å². The SMILES string of the molecule is CN(C)P(N(C)C)N(C)C(N(C)C)(N(C)C)N(C)C. The van der Waals surface area contributed by atoms with Crippen LogP contribution in [0, 0.1) is 0 Å². The molecule has 0 saturated carbocycles. The molecule has 0 spiro atoms. The molecule has 0 aliphatic heterocycles. The highest BCUT2D eigenvalue weighted by atomic mass is 31.2. The van der Waals surface area contributed by atoms with Gasteiger partial charge in [0.25, 0.3) is 0 Å². The van der Waals surface area contributed by atoms with E-state index in [-0.39, 0.29) is 5.91 Å². The topological polar surface area (TPSA) is 19.4 Å². The molecule has 0 aliphatic carbocycles. The zero-order chi connectivity index (χ0) is 15.5. The smallest absolute Gasteiger partial charge is 0.195 e. The number of rotatable bonds is 7. The molecule has 0 bridgehead atoms. The van der Waals surface area contributed by atoms with E-state index in [4.69, 9.17) is 0 Å². The van der Waals surface area contributed by atoms with Crippen LogP contribution in [0.2, 0.25) is 0 Å². The first-order valence-corrected chi connectivity index (χ1v) is 7.61. The first kappa shape index (κ1) is 19.2. The molecule has 0 amide bonds. The average Bonchev–Trinajstić information content (AvgIpc) is 2.13. The summed E-state index contributed by atoms with van der Waals surface area (Å²) in [5.41, 5.74) is 0. The molecular weight excluding hydrogens is 259 g/mol.